The fourth-order valence-electron chi connectivity index (χ4n) is 3.17. The third-order valence-electron chi connectivity index (χ3n) is 4.58. The zero-order valence-electron chi connectivity index (χ0n) is 14.9. The van der Waals surface area contributed by atoms with E-state index in [9.17, 15) is 4.79 Å². The number of imidazole rings is 1. The van der Waals surface area contributed by atoms with Crippen molar-refractivity contribution in [2.24, 2.45) is 0 Å². The van der Waals surface area contributed by atoms with Gasteiger partial charge >= 0.3 is 0 Å². The first kappa shape index (κ1) is 16.6. The minimum atomic E-state index is -0.108. The van der Waals surface area contributed by atoms with Crippen molar-refractivity contribution < 1.29 is 4.79 Å². The smallest absolute Gasteiger partial charge is 0.251 e. The van der Waals surface area contributed by atoms with Crippen LogP contribution in [0.2, 0.25) is 0 Å². The van der Waals surface area contributed by atoms with Gasteiger partial charge in [0.2, 0.25) is 0 Å². The number of nitrogens with zero attached hydrogens (tertiary/aromatic N) is 3. The minimum Gasteiger partial charge on any atom is -0.346 e. The summed E-state index contributed by atoms with van der Waals surface area (Å²) < 4.78 is 3.12. The van der Waals surface area contributed by atoms with E-state index in [1.54, 1.807) is 17.5 Å². The Labute approximate surface area is 165 Å². The summed E-state index contributed by atoms with van der Waals surface area (Å²) in [6.45, 7) is 0.409. The zero-order valence-corrected chi connectivity index (χ0v) is 15.7. The van der Waals surface area contributed by atoms with E-state index in [1.165, 1.54) is 0 Å². The Hall–Kier alpha value is -3.51. The molecule has 0 spiro atoms. The second-order valence-electron chi connectivity index (χ2n) is 6.43. The Morgan fingerprint density at radius 1 is 1.04 bits per heavy atom. The van der Waals surface area contributed by atoms with Crippen LogP contribution in [0.4, 0.5) is 0 Å². The number of aromatic nitrogens is 3. The summed E-state index contributed by atoms with van der Waals surface area (Å²) in [7, 11) is 0. The number of carbonyl (C=O) groups excluding carboxylic acids is 1. The van der Waals surface area contributed by atoms with Crippen molar-refractivity contribution in [2.75, 3.05) is 0 Å². The van der Waals surface area contributed by atoms with Crippen LogP contribution in [0.15, 0.2) is 79.1 Å². The molecular formula is C22H16N4OS. The molecule has 1 amide bonds. The SMILES string of the molecule is O=C(NCc1ccccn1)c1ccc2c(c1)sc1nc(-c3ccccc3)cn12. The molecule has 28 heavy (non-hydrogen) atoms. The van der Waals surface area contributed by atoms with Crippen LogP contribution in [0.25, 0.3) is 26.4 Å². The van der Waals surface area contributed by atoms with Crippen molar-refractivity contribution >= 4 is 32.4 Å². The highest BCUT2D eigenvalue weighted by atomic mass is 32.1. The Balaban J connectivity index is 1.42. The zero-order chi connectivity index (χ0) is 18.9. The number of amides is 1. The molecule has 6 heteroatoms. The topological polar surface area (TPSA) is 59.3 Å². The van der Waals surface area contributed by atoms with Gasteiger partial charge in [-0.25, -0.2) is 4.98 Å². The van der Waals surface area contributed by atoms with Crippen LogP contribution in [0.3, 0.4) is 0 Å². The molecule has 2 aromatic carbocycles. The number of fused-ring (bicyclic) bond motifs is 3. The van der Waals surface area contributed by atoms with Gasteiger partial charge in [0.05, 0.1) is 28.1 Å². The first-order valence-electron chi connectivity index (χ1n) is 8.93. The summed E-state index contributed by atoms with van der Waals surface area (Å²) in [6.07, 6.45) is 3.77. The molecule has 0 aliphatic carbocycles. The summed E-state index contributed by atoms with van der Waals surface area (Å²) in [4.78, 5) is 22.4. The Morgan fingerprint density at radius 3 is 2.71 bits per heavy atom. The molecule has 0 bridgehead atoms. The maximum Gasteiger partial charge on any atom is 0.251 e. The number of nitrogens with one attached hydrogen (secondary N) is 1. The molecule has 0 aliphatic rings. The number of thiazole rings is 1. The van der Waals surface area contributed by atoms with Gasteiger partial charge in [0.25, 0.3) is 5.91 Å². The van der Waals surface area contributed by atoms with E-state index in [1.807, 2.05) is 60.8 Å². The molecule has 136 valence electrons. The lowest BCUT2D eigenvalue weighted by molar-refractivity contribution is 0.0950. The van der Waals surface area contributed by atoms with Crippen LogP contribution in [0.5, 0.6) is 0 Å². The molecule has 0 atom stereocenters. The summed E-state index contributed by atoms with van der Waals surface area (Å²) >= 11 is 1.58. The fraction of sp³-hybridized carbons (Fsp3) is 0.0455. The van der Waals surface area contributed by atoms with Gasteiger partial charge in [-0.3, -0.25) is 14.2 Å². The van der Waals surface area contributed by atoms with Gasteiger partial charge in [0.15, 0.2) is 4.96 Å². The van der Waals surface area contributed by atoms with Crippen LogP contribution in [0.1, 0.15) is 16.1 Å². The average Bonchev–Trinajstić information content (AvgIpc) is 3.31. The highest BCUT2D eigenvalue weighted by molar-refractivity contribution is 7.23. The number of carbonyl (C=O) groups is 1. The molecule has 1 N–H and O–H groups in total. The van der Waals surface area contributed by atoms with E-state index in [0.29, 0.717) is 12.1 Å². The predicted octanol–water partition coefficient (Wildman–Crippen LogP) is 4.54. The second-order valence-corrected chi connectivity index (χ2v) is 7.44. The Kier molecular flexibility index (Phi) is 4.10. The van der Waals surface area contributed by atoms with E-state index in [2.05, 4.69) is 26.8 Å². The molecule has 0 saturated carbocycles. The van der Waals surface area contributed by atoms with E-state index < -0.39 is 0 Å². The van der Waals surface area contributed by atoms with Gasteiger partial charge in [-0.2, -0.15) is 0 Å². The maximum atomic E-state index is 12.5. The molecule has 0 unspecified atom stereocenters. The van der Waals surface area contributed by atoms with E-state index in [4.69, 9.17) is 4.98 Å². The molecule has 0 fully saturated rings. The lowest BCUT2D eigenvalue weighted by Crippen LogP contribution is -2.23. The highest BCUT2D eigenvalue weighted by Gasteiger charge is 2.13. The summed E-state index contributed by atoms with van der Waals surface area (Å²) in [5.74, 6) is -0.108. The van der Waals surface area contributed by atoms with Crippen molar-refractivity contribution in [1.82, 2.24) is 19.7 Å². The predicted molar refractivity (Wildman–Crippen MR) is 111 cm³/mol. The molecule has 5 nitrogen and oxygen atoms in total. The summed E-state index contributed by atoms with van der Waals surface area (Å²) in [6, 6.07) is 21.5. The molecule has 0 aliphatic heterocycles. The van der Waals surface area contributed by atoms with Crippen molar-refractivity contribution in [1.29, 1.82) is 0 Å². The van der Waals surface area contributed by atoms with Gasteiger partial charge < -0.3 is 5.32 Å². The molecule has 0 radical (unpaired) electrons. The molecule has 3 heterocycles. The number of hydrogen-bond donors (Lipinski definition) is 1. The standard InChI is InChI=1S/C22H16N4OS/c27-21(24-13-17-8-4-5-11-23-17)16-9-10-19-20(12-16)28-22-25-18(14-26(19)22)15-6-2-1-3-7-15/h1-12,14H,13H2,(H,24,27). The number of rotatable bonds is 4. The normalized spacial score (nSPS) is 11.1. The van der Waals surface area contributed by atoms with Crippen LogP contribution in [-0.2, 0) is 6.54 Å². The van der Waals surface area contributed by atoms with Crippen molar-refractivity contribution in [3.05, 3.63) is 90.4 Å². The van der Waals surface area contributed by atoms with Crippen LogP contribution in [-0.4, -0.2) is 20.3 Å². The van der Waals surface area contributed by atoms with E-state index in [0.717, 1.165) is 32.1 Å². The van der Waals surface area contributed by atoms with Crippen molar-refractivity contribution in [3.8, 4) is 11.3 Å². The third kappa shape index (κ3) is 3.04. The number of hydrogen-bond acceptors (Lipinski definition) is 4. The summed E-state index contributed by atoms with van der Waals surface area (Å²) in [5, 5.41) is 2.92. The quantitative estimate of drug-likeness (QED) is 0.495. The molecule has 5 aromatic rings. The first-order valence-corrected chi connectivity index (χ1v) is 9.75. The Bertz CT molecular complexity index is 1280. The van der Waals surface area contributed by atoms with Crippen molar-refractivity contribution in [2.45, 2.75) is 6.54 Å². The van der Waals surface area contributed by atoms with Gasteiger partial charge in [-0.15, -0.1) is 0 Å². The van der Waals surface area contributed by atoms with E-state index >= 15 is 0 Å². The monoisotopic (exact) mass is 384 g/mol. The van der Waals surface area contributed by atoms with E-state index in [-0.39, 0.29) is 5.91 Å². The third-order valence-corrected chi connectivity index (χ3v) is 5.60. The molecular weight excluding hydrogens is 368 g/mol. The highest BCUT2D eigenvalue weighted by Crippen LogP contribution is 2.30. The maximum absolute atomic E-state index is 12.5. The fourth-order valence-corrected chi connectivity index (χ4v) is 4.21. The van der Waals surface area contributed by atoms with Gasteiger partial charge in [0, 0.05) is 23.5 Å². The van der Waals surface area contributed by atoms with Gasteiger partial charge in [-0.05, 0) is 30.3 Å². The molecule has 5 rings (SSSR count). The summed E-state index contributed by atoms with van der Waals surface area (Å²) in [5.41, 5.74) is 4.56. The van der Waals surface area contributed by atoms with Crippen LogP contribution in [0, 0.1) is 0 Å². The van der Waals surface area contributed by atoms with Gasteiger partial charge in [-0.1, -0.05) is 47.7 Å². The van der Waals surface area contributed by atoms with Crippen molar-refractivity contribution in [3.63, 3.8) is 0 Å². The first-order chi connectivity index (χ1) is 13.8. The number of benzene rings is 2. The lowest BCUT2D eigenvalue weighted by Gasteiger charge is -2.05. The average molecular weight is 384 g/mol. The largest absolute Gasteiger partial charge is 0.346 e. The van der Waals surface area contributed by atoms with Crippen LogP contribution < -0.4 is 5.32 Å². The molecule has 0 saturated heterocycles. The lowest BCUT2D eigenvalue weighted by atomic mass is 10.2. The van der Waals surface area contributed by atoms with Gasteiger partial charge in [0.1, 0.15) is 0 Å². The Morgan fingerprint density at radius 2 is 1.89 bits per heavy atom. The minimum absolute atomic E-state index is 0.108. The molecule has 3 aromatic heterocycles. The van der Waals surface area contributed by atoms with Crippen LogP contribution >= 0.6 is 11.3 Å². The second kappa shape index (κ2) is 6.90. The number of pyridine rings is 1.